The van der Waals surface area contributed by atoms with E-state index in [1.54, 1.807) is 30.6 Å². The molecule has 5 nitrogen and oxygen atoms in total. The van der Waals surface area contributed by atoms with Gasteiger partial charge in [0.2, 0.25) is 0 Å². The zero-order valence-electron chi connectivity index (χ0n) is 12.2. The number of nitrogens with zero attached hydrogens (tertiary/aromatic N) is 3. The Kier molecular flexibility index (Phi) is 3.46. The van der Waals surface area contributed by atoms with Crippen molar-refractivity contribution in [1.29, 1.82) is 0 Å². The van der Waals surface area contributed by atoms with Crippen LogP contribution in [0.2, 0.25) is 0 Å². The summed E-state index contributed by atoms with van der Waals surface area (Å²) < 4.78 is 1.01. The van der Waals surface area contributed by atoms with Crippen molar-refractivity contribution >= 4 is 33.2 Å². The number of aromatic nitrogens is 1. The van der Waals surface area contributed by atoms with Crippen molar-refractivity contribution in [2.45, 2.75) is 0 Å². The molecule has 114 valence electrons. The maximum atomic E-state index is 12.4. The second kappa shape index (κ2) is 5.62. The van der Waals surface area contributed by atoms with Crippen LogP contribution < -0.4 is 5.32 Å². The maximum absolute atomic E-state index is 12.4. The standard InChI is InChI=1S/C17H13BrN4O/c18-12-3-4-14-13(8-12)17-20-6-7-22(17)16(21-14)9-15(23)11-2-1-5-19-10-11/h1-5,8-10,21H,6-7H2/b16-9+. The van der Waals surface area contributed by atoms with Gasteiger partial charge in [-0.2, -0.15) is 0 Å². The summed E-state index contributed by atoms with van der Waals surface area (Å²) in [5, 5.41) is 3.34. The normalized spacial score (nSPS) is 17.3. The first-order chi connectivity index (χ1) is 11.2. The van der Waals surface area contributed by atoms with Crippen LogP contribution in [0.25, 0.3) is 0 Å². The molecule has 0 bridgehead atoms. The lowest BCUT2D eigenvalue weighted by Crippen LogP contribution is -2.36. The van der Waals surface area contributed by atoms with E-state index < -0.39 is 0 Å². The molecule has 0 fully saturated rings. The minimum atomic E-state index is -0.0765. The molecule has 0 radical (unpaired) electrons. The number of anilines is 1. The highest BCUT2D eigenvalue weighted by Gasteiger charge is 2.29. The van der Waals surface area contributed by atoms with E-state index in [9.17, 15) is 4.79 Å². The second-order valence-corrected chi connectivity index (χ2v) is 6.22. The van der Waals surface area contributed by atoms with Crippen LogP contribution in [0.4, 0.5) is 5.69 Å². The Morgan fingerprint density at radius 2 is 2.26 bits per heavy atom. The number of allylic oxidation sites excluding steroid dienone is 1. The first-order valence-corrected chi connectivity index (χ1v) is 8.07. The van der Waals surface area contributed by atoms with Gasteiger partial charge in [-0.1, -0.05) is 15.9 Å². The number of halogens is 1. The summed E-state index contributed by atoms with van der Waals surface area (Å²) in [6.07, 6.45) is 4.84. The van der Waals surface area contributed by atoms with Crippen molar-refractivity contribution in [1.82, 2.24) is 9.88 Å². The summed E-state index contributed by atoms with van der Waals surface area (Å²) in [5.74, 6) is 1.59. The Bertz CT molecular complexity index is 845. The molecule has 0 atom stereocenters. The number of amidine groups is 1. The summed E-state index contributed by atoms with van der Waals surface area (Å²) in [5.41, 5.74) is 2.57. The molecule has 1 aromatic carbocycles. The zero-order chi connectivity index (χ0) is 15.8. The van der Waals surface area contributed by atoms with E-state index in [2.05, 4.69) is 31.2 Å². The molecule has 3 heterocycles. The van der Waals surface area contributed by atoms with Crippen molar-refractivity contribution in [3.05, 3.63) is 70.2 Å². The first-order valence-electron chi connectivity index (χ1n) is 7.27. The van der Waals surface area contributed by atoms with Gasteiger partial charge in [-0.25, -0.2) is 0 Å². The molecule has 0 saturated heterocycles. The highest BCUT2D eigenvalue weighted by molar-refractivity contribution is 9.10. The van der Waals surface area contributed by atoms with Crippen molar-refractivity contribution in [3.63, 3.8) is 0 Å². The van der Waals surface area contributed by atoms with Gasteiger partial charge in [0.05, 0.1) is 12.2 Å². The fourth-order valence-electron chi connectivity index (χ4n) is 2.76. The van der Waals surface area contributed by atoms with E-state index in [1.807, 2.05) is 23.1 Å². The van der Waals surface area contributed by atoms with Crippen LogP contribution in [0.15, 0.2) is 64.1 Å². The maximum Gasteiger partial charge on any atom is 0.191 e. The lowest BCUT2D eigenvalue weighted by molar-refractivity contribution is 0.104. The molecule has 0 spiro atoms. The minimum absolute atomic E-state index is 0.0765. The number of benzene rings is 1. The molecule has 0 amide bonds. The highest BCUT2D eigenvalue weighted by atomic mass is 79.9. The number of nitrogens with one attached hydrogen (secondary N) is 1. The van der Waals surface area contributed by atoms with Gasteiger partial charge in [-0.15, -0.1) is 0 Å². The quantitative estimate of drug-likeness (QED) is 0.653. The minimum Gasteiger partial charge on any atom is -0.341 e. The van der Waals surface area contributed by atoms with Crippen molar-refractivity contribution in [3.8, 4) is 0 Å². The summed E-state index contributed by atoms with van der Waals surface area (Å²) in [6.45, 7) is 1.49. The molecule has 0 saturated carbocycles. The number of aliphatic imine (C=N–C) groups is 1. The molecular weight excluding hydrogens is 356 g/mol. The molecule has 23 heavy (non-hydrogen) atoms. The van der Waals surface area contributed by atoms with Gasteiger partial charge in [0.15, 0.2) is 5.78 Å². The average Bonchev–Trinajstić information content (AvgIpc) is 3.06. The van der Waals surface area contributed by atoms with Gasteiger partial charge in [0, 0.05) is 40.6 Å². The summed E-state index contributed by atoms with van der Waals surface area (Å²) in [4.78, 5) is 23.1. The summed E-state index contributed by atoms with van der Waals surface area (Å²) in [7, 11) is 0. The van der Waals surface area contributed by atoms with E-state index in [4.69, 9.17) is 0 Å². The number of hydrogen-bond donors (Lipinski definition) is 1. The Labute approximate surface area is 141 Å². The second-order valence-electron chi connectivity index (χ2n) is 5.31. The molecule has 1 aromatic heterocycles. The molecule has 1 N–H and O–H groups in total. The van der Waals surface area contributed by atoms with E-state index in [1.165, 1.54) is 0 Å². The van der Waals surface area contributed by atoms with Crippen LogP contribution in [-0.4, -0.2) is 34.6 Å². The molecule has 2 aliphatic heterocycles. The summed E-state index contributed by atoms with van der Waals surface area (Å²) in [6, 6.07) is 9.52. The van der Waals surface area contributed by atoms with Crippen LogP contribution in [0.1, 0.15) is 15.9 Å². The van der Waals surface area contributed by atoms with Gasteiger partial charge in [0.1, 0.15) is 11.7 Å². The Hall–Kier alpha value is -2.47. The Morgan fingerprint density at radius 1 is 1.35 bits per heavy atom. The first kappa shape index (κ1) is 14.1. The number of carbonyl (C=O) groups is 1. The largest absolute Gasteiger partial charge is 0.341 e. The van der Waals surface area contributed by atoms with Crippen molar-refractivity contribution in [2.75, 3.05) is 18.4 Å². The number of fused-ring (bicyclic) bond motifs is 3. The Balaban J connectivity index is 1.74. The van der Waals surface area contributed by atoms with E-state index in [0.29, 0.717) is 5.56 Å². The average molecular weight is 369 g/mol. The lowest BCUT2D eigenvalue weighted by atomic mass is 10.1. The topological polar surface area (TPSA) is 57.6 Å². The number of hydrogen-bond acceptors (Lipinski definition) is 5. The predicted molar refractivity (Wildman–Crippen MR) is 92.5 cm³/mol. The van der Waals surface area contributed by atoms with Gasteiger partial charge >= 0.3 is 0 Å². The third-order valence-corrected chi connectivity index (χ3v) is 4.32. The monoisotopic (exact) mass is 368 g/mol. The van der Waals surface area contributed by atoms with Gasteiger partial charge in [0.25, 0.3) is 0 Å². The smallest absolute Gasteiger partial charge is 0.191 e. The number of pyridine rings is 1. The van der Waals surface area contributed by atoms with E-state index in [-0.39, 0.29) is 5.78 Å². The zero-order valence-corrected chi connectivity index (χ0v) is 13.7. The van der Waals surface area contributed by atoms with Crippen LogP contribution in [0, 0.1) is 0 Å². The van der Waals surface area contributed by atoms with Crippen molar-refractivity contribution in [2.24, 2.45) is 4.99 Å². The fraction of sp³-hybridized carbons (Fsp3) is 0.118. The van der Waals surface area contributed by atoms with E-state index in [0.717, 1.165) is 40.5 Å². The third-order valence-electron chi connectivity index (χ3n) is 3.83. The third kappa shape index (κ3) is 2.55. The lowest BCUT2D eigenvalue weighted by Gasteiger charge is -2.31. The van der Waals surface area contributed by atoms with Crippen LogP contribution >= 0.6 is 15.9 Å². The molecule has 2 aliphatic rings. The summed E-state index contributed by atoms with van der Waals surface area (Å²) >= 11 is 3.50. The fourth-order valence-corrected chi connectivity index (χ4v) is 3.12. The number of rotatable bonds is 2. The molecule has 4 rings (SSSR count). The highest BCUT2D eigenvalue weighted by Crippen LogP contribution is 2.32. The van der Waals surface area contributed by atoms with Gasteiger partial charge < -0.3 is 10.2 Å². The van der Waals surface area contributed by atoms with Gasteiger partial charge in [-0.05, 0) is 30.3 Å². The van der Waals surface area contributed by atoms with Crippen LogP contribution in [-0.2, 0) is 0 Å². The predicted octanol–water partition coefficient (Wildman–Crippen LogP) is 3.06. The molecule has 0 unspecified atom stereocenters. The SMILES string of the molecule is O=C(/C=C1\Nc2ccc(Br)cc2C2=NCCN21)c1cccnc1. The van der Waals surface area contributed by atoms with Crippen LogP contribution in [0.3, 0.4) is 0 Å². The number of carbonyl (C=O) groups excluding carboxylic acids is 1. The Morgan fingerprint density at radius 3 is 3.09 bits per heavy atom. The molecule has 2 aromatic rings. The van der Waals surface area contributed by atoms with Crippen LogP contribution in [0.5, 0.6) is 0 Å². The number of ketones is 1. The molecule has 0 aliphatic carbocycles. The molecular formula is C17H13BrN4O. The van der Waals surface area contributed by atoms with Crippen molar-refractivity contribution < 1.29 is 4.79 Å². The van der Waals surface area contributed by atoms with E-state index >= 15 is 0 Å². The van der Waals surface area contributed by atoms with Gasteiger partial charge in [-0.3, -0.25) is 14.8 Å². The molecule has 6 heteroatoms.